The highest BCUT2D eigenvalue weighted by Crippen LogP contribution is 2.24. The van der Waals surface area contributed by atoms with Gasteiger partial charge in [-0.05, 0) is 31.5 Å². The summed E-state index contributed by atoms with van der Waals surface area (Å²) in [6.45, 7) is 7.40. The van der Waals surface area contributed by atoms with Crippen LogP contribution in [0.3, 0.4) is 0 Å². The summed E-state index contributed by atoms with van der Waals surface area (Å²) >= 11 is 1.52. The van der Waals surface area contributed by atoms with Crippen molar-refractivity contribution >= 4 is 23.4 Å². The van der Waals surface area contributed by atoms with Gasteiger partial charge >= 0.3 is 0 Å². The second kappa shape index (κ2) is 7.30. The molecule has 24 heavy (non-hydrogen) atoms. The number of hydrogen-bond donors (Lipinski definition) is 0. The molecule has 0 radical (unpaired) electrons. The topological polar surface area (TPSA) is 41.4 Å². The molecule has 3 rings (SSSR count). The number of benzene rings is 1. The molecular formula is C18H24N4OS. The molecule has 1 unspecified atom stereocenters. The Morgan fingerprint density at radius 1 is 1.25 bits per heavy atom. The number of carbonyl (C=O) groups excluding carboxylic acids is 1. The van der Waals surface area contributed by atoms with E-state index in [1.54, 1.807) is 6.20 Å². The number of carbonyl (C=O) groups is 1. The van der Waals surface area contributed by atoms with Crippen LogP contribution in [0.2, 0.25) is 0 Å². The van der Waals surface area contributed by atoms with Gasteiger partial charge in [-0.25, -0.2) is 4.98 Å². The van der Waals surface area contributed by atoms with Gasteiger partial charge in [0.2, 0.25) is 5.91 Å². The van der Waals surface area contributed by atoms with Crippen LogP contribution in [0.15, 0.2) is 41.8 Å². The number of anilines is 1. The zero-order valence-electron chi connectivity index (χ0n) is 14.5. The number of amides is 1. The molecule has 6 heteroatoms. The zero-order chi connectivity index (χ0) is 17.1. The molecule has 1 aliphatic heterocycles. The number of imidazole rings is 1. The molecule has 2 aromatic rings. The summed E-state index contributed by atoms with van der Waals surface area (Å²) in [6, 6.07) is 8.55. The Labute approximate surface area is 147 Å². The summed E-state index contributed by atoms with van der Waals surface area (Å²) in [4.78, 5) is 21.3. The van der Waals surface area contributed by atoms with E-state index in [-0.39, 0.29) is 11.2 Å². The third-order valence-electron chi connectivity index (χ3n) is 4.37. The third-order valence-corrected chi connectivity index (χ3v) is 5.52. The third kappa shape index (κ3) is 3.75. The van der Waals surface area contributed by atoms with Crippen molar-refractivity contribution in [3.63, 3.8) is 0 Å². The predicted octanol–water partition coefficient (Wildman–Crippen LogP) is 2.56. The van der Waals surface area contributed by atoms with E-state index in [9.17, 15) is 4.79 Å². The molecule has 1 amide bonds. The van der Waals surface area contributed by atoms with Crippen molar-refractivity contribution in [2.24, 2.45) is 7.05 Å². The van der Waals surface area contributed by atoms with Gasteiger partial charge < -0.3 is 14.4 Å². The van der Waals surface area contributed by atoms with Crippen LogP contribution in [-0.2, 0) is 11.8 Å². The molecular weight excluding hydrogens is 320 g/mol. The highest BCUT2D eigenvalue weighted by molar-refractivity contribution is 8.00. The first kappa shape index (κ1) is 16.9. The van der Waals surface area contributed by atoms with Gasteiger partial charge in [-0.2, -0.15) is 0 Å². The lowest BCUT2D eigenvalue weighted by molar-refractivity contribution is -0.130. The van der Waals surface area contributed by atoms with E-state index in [4.69, 9.17) is 0 Å². The number of aromatic nitrogens is 2. The van der Waals surface area contributed by atoms with Crippen LogP contribution in [0.25, 0.3) is 0 Å². The van der Waals surface area contributed by atoms with Crippen molar-refractivity contribution in [3.05, 3.63) is 42.2 Å². The average molecular weight is 344 g/mol. The Morgan fingerprint density at radius 2 is 2.00 bits per heavy atom. The van der Waals surface area contributed by atoms with E-state index in [0.717, 1.165) is 31.3 Å². The Kier molecular flexibility index (Phi) is 5.14. The maximum Gasteiger partial charge on any atom is 0.236 e. The van der Waals surface area contributed by atoms with Crippen molar-refractivity contribution in [1.82, 2.24) is 14.5 Å². The van der Waals surface area contributed by atoms with Crippen LogP contribution in [0, 0.1) is 6.92 Å². The minimum atomic E-state index is -0.114. The number of aryl methyl sites for hydroxylation is 2. The fourth-order valence-electron chi connectivity index (χ4n) is 2.94. The smallest absolute Gasteiger partial charge is 0.236 e. The SMILES string of the molecule is Cc1cccc(N2CCN(C(=O)C(C)Sc3nccn3C)CC2)c1. The molecule has 0 aliphatic carbocycles. The lowest BCUT2D eigenvalue weighted by Crippen LogP contribution is -2.50. The lowest BCUT2D eigenvalue weighted by atomic mass is 10.2. The molecule has 5 nitrogen and oxygen atoms in total. The summed E-state index contributed by atoms with van der Waals surface area (Å²) in [7, 11) is 1.95. The largest absolute Gasteiger partial charge is 0.368 e. The van der Waals surface area contributed by atoms with Gasteiger partial charge in [0.15, 0.2) is 5.16 Å². The normalized spacial score (nSPS) is 16.3. The summed E-state index contributed by atoms with van der Waals surface area (Å²) in [5, 5.41) is 0.769. The Balaban J connectivity index is 1.56. The highest BCUT2D eigenvalue weighted by Gasteiger charge is 2.26. The fourth-order valence-corrected chi connectivity index (χ4v) is 3.86. The zero-order valence-corrected chi connectivity index (χ0v) is 15.3. The first-order valence-corrected chi connectivity index (χ1v) is 9.17. The maximum atomic E-state index is 12.7. The van der Waals surface area contributed by atoms with Crippen molar-refractivity contribution < 1.29 is 4.79 Å². The molecule has 1 aliphatic rings. The summed E-state index contributed by atoms with van der Waals surface area (Å²) in [5.41, 5.74) is 2.52. The molecule has 128 valence electrons. The number of thioether (sulfide) groups is 1. The highest BCUT2D eigenvalue weighted by atomic mass is 32.2. The van der Waals surface area contributed by atoms with Gasteiger partial charge in [-0.15, -0.1) is 0 Å². The first-order valence-electron chi connectivity index (χ1n) is 8.29. The molecule has 1 aromatic heterocycles. The van der Waals surface area contributed by atoms with E-state index >= 15 is 0 Å². The Morgan fingerprint density at radius 3 is 2.62 bits per heavy atom. The molecule has 1 atom stereocenters. The van der Waals surface area contributed by atoms with Crippen LogP contribution in [0.4, 0.5) is 5.69 Å². The van der Waals surface area contributed by atoms with Gasteiger partial charge in [0, 0.05) is 51.3 Å². The minimum Gasteiger partial charge on any atom is -0.368 e. The van der Waals surface area contributed by atoms with E-state index in [1.165, 1.54) is 23.0 Å². The second-order valence-corrected chi connectivity index (χ2v) is 7.54. The van der Waals surface area contributed by atoms with Gasteiger partial charge in [-0.3, -0.25) is 4.79 Å². The van der Waals surface area contributed by atoms with Crippen LogP contribution in [0.1, 0.15) is 12.5 Å². The van der Waals surface area contributed by atoms with Crippen molar-refractivity contribution in [2.45, 2.75) is 24.3 Å². The van der Waals surface area contributed by atoms with E-state index < -0.39 is 0 Å². The number of nitrogens with zero attached hydrogens (tertiary/aromatic N) is 4. The van der Waals surface area contributed by atoms with E-state index in [1.807, 2.05) is 29.6 Å². The quantitative estimate of drug-likeness (QED) is 0.800. The second-order valence-electron chi connectivity index (χ2n) is 6.23. The van der Waals surface area contributed by atoms with Crippen molar-refractivity contribution in [3.8, 4) is 0 Å². The molecule has 0 bridgehead atoms. The Hall–Kier alpha value is -1.95. The molecule has 0 spiro atoms. The number of rotatable bonds is 4. The molecule has 1 saturated heterocycles. The molecule has 0 N–H and O–H groups in total. The fraction of sp³-hybridized carbons (Fsp3) is 0.444. The predicted molar refractivity (Wildman–Crippen MR) is 98.5 cm³/mol. The molecule has 0 saturated carbocycles. The monoisotopic (exact) mass is 344 g/mol. The van der Waals surface area contributed by atoms with E-state index in [0.29, 0.717) is 0 Å². The van der Waals surface area contributed by atoms with Gasteiger partial charge in [0.25, 0.3) is 0 Å². The molecule has 2 heterocycles. The minimum absolute atomic E-state index is 0.114. The van der Waals surface area contributed by atoms with Gasteiger partial charge in [-0.1, -0.05) is 23.9 Å². The summed E-state index contributed by atoms with van der Waals surface area (Å²) in [6.07, 6.45) is 3.67. The van der Waals surface area contributed by atoms with Crippen LogP contribution in [-0.4, -0.2) is 51.8 Å². The number of hydrogen-bond acceptors (Lipinski definition) is 4. The summed E-state index contributed by atoms with van der Waals surface area (Å²) in [5.74, 6) is 0.201. The maximum absolute atomic E-state index is 12.7. The van der Waals surface area contributed by atoms with Crippen molar-refractivity contribution in [1.29, 1.82) is 0 Å². The number of piperazine rings is 1. The molecule has 1 aromatic carbocycles. The Bertz CT molecular complexity index is 707. The lowest BCUT2D eigenvalue weighted by Gasteiger charge is -2.37. The van der Waals surface area contributed by atoms with Gasteiger partial charge in [0.05, 0.1) is 5.25 Å². The molecule has 1 fully saturated rings. The van der Waals surface area contributed by atoms with Crippen LogP contribution in [0.5, 0.6) is 0 Å². The van der Waals surface area contributed by atoms with E-state index in [2.05, 4.69) is 41.1 Å². The van der Waals surface area contributed by atoms with Gasteiger partial charge in [0.1, 0.15) is 0 Å². The first-order chi connectivity index (χ1) is 11.5. The van der Waals surface area contributed by atoms with Crippen LogP contribution >= 0.6 is 11.8 Å². The van der Waals surface area contributed by atoms with Crippen molar-refractivity contribution in [2.75, 3.05) is 31.1 Å². The standard InChI is InChI=1S/C18H24N4OS/c1-14-5-4-6-16(13-14)21-9-11-22(12-10-21)17(23)15(2)24-18-19-7-8-20(18)3/h4-8,13,15H,9-12H2,1-3H3. The average Bonchev–Trinajstić information content (AvgIpc) is 2.99. The van der Waals surface area contributed by atoms with Crippen LogP contribution < -0.4 is 4.90 Å². The summed E-state index contributed by atoms with van der Waals surface area (Å²) < 4.78 is 1.95.